The Morgan fingerprint density at radius 3 is 2.85 bits per heavy atom. The Hall–Kier alpha value is -3.59. The lowest BCUT2D eigenvalue weighted by molar-refractivity contribution is -0.131. The summed E-state index contributed by atoms with van der Waals surface area (Å²) < 4.78 is 0. The highest BCUT2D eigenvalue weighted by molar-refractivity contribution is 8.04. The second-order valence-corrected chi connectivity index (χ2v) is 9.24. The first kappa shape index (κ1) is 21.3. The molecule has 5 rings (SSSR count). The van der Waals surface area contributed by atoms with Gasteiger partial charge in [-0.3, -0.25) is 10.2 Å². The van der Waals surface area contributed by atoms with E-state index in [2.05, 4.69) is 21.7 Å². The van der Waals surface area contributed by atoms with E-state index in [-0.39, 0.29) is 28.2 Å². The Bertz CT molecular complexity index is 1270. The molecule has 3 N–H and O–H groups in total. The molecule has 1 amide bonds. The average Bonchev–Trinajstić information content (AvgIpc) is 3.52. The summed E-state index contributed by atoms with van der Waals surface area (Å²) in [6.45, 7) is 1.72. The maximum Gasteiger partial charge on any atom is 0.341 e. The summed E-state index contributed by atoms with van der Waals surface area (Å²) >= 11 is 1.24. The molecule has 0 radical (unpaired) electrons. The summed E-state index contributed by atoms with van der Waals surface area (Å²) in [5.74, 6) is -1.01. The molecule has 9 heteroatoms. The van der Waals surface area contributed by atoms with Gasteiger partial charge in [0.15, 0.2) is 5.71 Å². The number of carboxylic acids is 1. The molecule has 0 spiro atoms. The summed E-state index contributed by atoms with van der Waals surface area (Å²) in [7, 11) is 0. The molecule has 2 aliphatic heterocycles. The van der Waals surface area contributed by atoms with Crippen LogP contribution in [0.4, 0.5) is 11.4 Å². The van der Waals surface area contributed by atoms with Crippen molar-refractivity contribution in [3.05, 3.63) is 64.1 Å². The van der Waals surface area contributed by atoms with Gasteiger partial charge in [-0.1, -0.05) is 24.3 Å². The zero-order valence-electron chi connectivity index (χ0n) is 17.9. The minimum absolute atomic E-state index is 0.0224. The van der Waals surface area contributed by atoms with E-state index in [4.69, 9.17) is 0 Å². The fourth-order valence-electron chi connectivity index (χ4n) is 4.33. The number of aryl methyl sites for hydroxylation is 2. The Morgan fingerprint density at radius 2 is 2.06 bits per heavy atom. The molecule has 33 heavy (non-hydrogen) atoms. The Balaban J connectivity index is 1.36. The molecule has 1 atom stereocenters. The largest absolute Gasteiger partial charge is 0.505 e. The first-order valence-corrected chi connectivity index (χ1v) is 11.7. The van der Waals surface area contributed by atoms with E-state index >= 15 is 0 Å². The highest BCUT2D eigenvalue weighted by atomic mass is 32.2. The molecule has 0 bridgehead atoms. The van der Waals surface area contributed by atoms with Gasteiger partial charge in [0.25, 0.3) is 0 Å². The predicted octanol–water partition coefficient (Wildman–Crippen LogP) is 3.87. The van der Waals surface area contributed by atoms with Crippen LogP contribution in [0.25, 0.3) is 0 Å². The summed E-state index contributed by atoms with van der Waals surface area (Å²) in [5, 5.41) is 29.9. The van der Waals surface area contributed by atoms with Crippen molar-refractivity contribution >= 4 is 46.4 Å². The molecule has 8 nitrogen and oxygen atoms in total. The zero-order chi connectivity index (χ0) is 23.1. The van der Waals surface area contributed by atoms with Gasteiger partial charge in [0.1, 0.15) is 5.75 Å². The average molecular weight is 463 g/mol. The molecule has 1 aliphatic carbocycles. The third kappa shape index (κ3) is 3.89. The third-order valence-electron chi connectivity index (χ3n) is 6.05. The van der Waals surface area contributed by atoms with E-state index in [1.165, 1.54) is 27.9 Å². The topological polar surface area (TPSA) is 115 Å². The minimum atomic E-state index is -0.967. The first-order chi connectivity index (χ1) is 15.9. The van der Waals surface area contributed by atoms with Crippen molar-refractivity contribution in [2.24, 2.45) is 10.2 Å². The Labute approximate surface area is 194 Å². The van der Waals surface area contributed by atoms with Gasteiger partial charge in [-0.2, -0.15) is 15.2 Å². The number of benzene rings is 2. The SMILES string of the molecule is CC1=NN(c2ccc3c(c2)CCC3)C(=O)/C1=N\Nc1cccc(C2C=C(C(=O)O)SC2)c1O. The molecule has 0 saturated heterocycles. The Morgan fingerprint density at radius 1 is 1.24 bits per heavy atom. The van der Waals surface area contributed by atoms with Crippen LogP contribution in [-0.2, 0) is 22.4 Å². The number of amides is 1. The van der Waals surface area contributed by atoms with E-state index in [0.29, 0.717) is 22.7 Å². The summed E-state index contributed by atoms with van der Waals surface area (Å²) in [4.78, 5) is 24.5. The number of hydrogen-bond acceptors (Lipinski definition) is 7. The number of hydrazone groups is 2. The van der Waals surface area contributed by atoms with Crippen molar-refractivity contribution in [1.82, 2.24) is 0 Å². The number of thioether (sulfide) groups is 1. The number of nitrogens with zero attached hydrogens (tertiary/aromatic N) is 3. The predicted molar refractivity (Wildman–Crippen MR) is 129 cm³/mol. The van der Waals surface area contributed by atoms with Crippen LogP contribution in [-0.4, -0.2) is 39.3 Å². The van der Waals surface area contributed by atoms with E-state index in [9.17, 15) is 19.8 Å². The van der Waals surface area contributed by atoms with E-state index in [1.54, 1.807) is 31.2 Å². The maximum atomic E-state index is 13.0. The van der Waals surface area contributed by atoms with Crippen LogP contribution in [0.2, 0.25) is 0 Å². The van der Waals surface area contributed by atoms with Crippen LogP contribution in [0.1, 0.15) is 36.0 Å². The summed E-state index contributed by atoms with van der Waals surface area (Å²) in [6.07, 6.45) is 4.84. The molecular weight excluding hydrogens is 440 g/mol. The fourth-order valence-corrected chi connectivity index (χ4v) is 5.35. The van der Waals surface area contributed by atoms with Crippen molar-refractivity contribution in [1.29, 1.82) is 0 Å². The van der Waals surface area contributed by atoms with Gasteiger partial charge in [0, 0.05) is 17.2 Å². The third-order valence-corrected chi connectivity index (χ3v) is 7.20. The number of anilines is 2. The fraction of sp³-hybridized carbons (Fsp3) is 0.250. The van der Waals surface area contributed by atoms with Crippen LogP contribution < -0.4 is 10.4 Å². The van der Waals surface area contributed by atoms with Gasteiger partial charge in [0.05, 0.1) is 22.0 Å². The number of fused-ring (bicyclic) bond motifs is 1. The number of aliphatic carboxylic acids is 1. The lowest BCUT2D eigenvalue weighted by Gasteiger charge is -2.14. The number of phenols is 1. The maximum absolute atomic E-state index is 13.0. The highest BCUT2D eigenvalue weighted by Gasteiger charge is 2.31. The second kappa shape index (κ2) is 8.40. The minimum Gasteiger partial charge on any atom is -0.505 e. The molecule has 2 aromatic carbocycles. The van der Waals surface area contributed by atoms with Crippen LogP contribution in [0.15, 0.2) is 57.6 Å². The zero-order valence-corrected chi connectivity index (χ0v) is 18.7. The molecule has 2 heterocycles. The first-order valence-electron chi connectivity index (χ1n) is 10.7. The number of nitrogens with one attached hydrogen (secondary N) is 1. The van der Waals surface area contributed by atoms with Gasteiger partial charge < -0.3 is 10.2 Å². The molecule has 168 valence electrons. The van der Waals surface area contributed by atoms with Crippen molar-refractivity contribution in [2.75, 3.05) is 16.2 Å². The van der Waals surface area contributed by atoms with E-state index in [1.807, 2.05) is 12.1 Å². The van der Waals surface area contributed by atoms with Crippen LogP contribution in [0.5, 0.6) is 5.75 Å². The molecule has 3 aliphatic rings. The number of para-hydroxylation sites is 1. The highest BCUT2D eigenvalue weighted by Crippen LogP contribution is 2.41. The van der Waals surface area contributed by atoms with Crippen LogP contribution in [0.3, 0.4) is 0 Å². The van der Waals surface area contributed by atoms with E-state index < -0.39 is 5.97 Å². The number of phenolic OH excluding ortho intramolecular Hbond substituents is 1. The van der Waals surface area contributed by atoms with Gasteiger partial charge in [0.2, 0.25) is 0 Å². The van der Waals surface area contributed by atoms with Crippen LogP contribution in [0, 0.1) is 0 Å². The number of aromatic hydroxyl groups is 1. The molecule has 0 aromatic heterocycles. The molecule has 2 aromatic rings. The number of hydrogen-bond donors (Lipinski definition) is 3. The van der Waals surface area contributed by atoms with Gasteiger partial charge >= 0.3 is 11.9 Å². The standard InChI is InChI=1S/C24H22N4O4S/c1-13-21(23(30)28(27-13)17-9-8-14-4-2-5-15(14)10-17)26-25-19-7-3-6-18(22(19)29)16-11-20(24(31)32)33-12-16/h3,6-11,16,25,29H,2,4-5,12H2,1H3,(H,31,32)/b26-21-. The van der Waals surface area contributed by atoms with Crippen molar-refractivity contribution in [3.8, 4) is 5.75 Å². The van der Waals surface area contributed by atoms with Crippen molar-refractivity contribution in [2.45, 2.75) is 32.1 Å². The number of carbonyl (C=O) groups is 2. The van der Waals surface area contributed by atoms with Crippen LogP contribution >= 0.6 is 11.8 Å². The lowest BCUT2D eigenvalue weighted by atomic mass is 9.99. The van der Waals surface area contributed by atoms with Gasteiger partial charge in [-0.15, -0.1) is 11.8 Å². The monoisotopic (exact) mass is 462 g/mol. The molecule has 0 saturated carbocycles. The lowest BCUT2D eigenvalue weighted by Crippen LogP contribution is -2.28. The van der Waals surface area contributed by atoms with Crippen molar-refractivity contribution < 1.29 is 19.8 Å². The number of rotatable bonds is 5. The summed E-state index contributed by atoms with van der Waals surface area (Å²) in [5.41, 5.74) is 7.67. The van der Waals surface area contributed by atoms with Crippen molar-refractivity contribution in [3.63, 3.8) is 0 Å². The second-order valence-electron chi connectivity index (χ2n) is 8.18. The smallest absolute Gasteiger partial charge is 0.341 e. The summed E-state index contributed by atoms with van der Waals surface area (Å²) in [6, 6.07) is 11.1. The number of carboxylic acid groups (broad SMARTS) is 1. The molecule has 1 unspecified atom stereocenters. The van der Waals surface area contributed by atoms with Gasteiger partial charge in [-0.05, 0) is 55.5 Å². The quantitative estimate of drug-likeness (QED) is 0.459. The molecular formula is C24H22N4O4S. The van der Waals surface area contributed by atoms with Gasteiger partial charge in [-0.25, -0.2) is 4.79 Å². The number of allylic oxidation sites excluding steroid dienone is 1. The normalized spacial score (nSPS) is 20.8. The van der Waals surface area contributed by atoms with E-state index in [0.717, 1.165) is 24.9 Å². The molecule has 0 fully saturated rings. The Kier molecular flexibility index (Phi) is 5.41. The number of carbonyl (C=O) groups excluding carboxylic acids is 1.